The molecule has 0 aliphatic carbocycles. The van der Waals surface area contributed by atoms with Gasteiger partial charge in [-0.3, -0.25) is 0 Å². The van der Waals surface area contributed by atoms with Crippen LogP contribution in [0.5, 0.6) is 5.75 Å². The van der Waals surface area contributed by atoms with E-state index >= 15 is 0 Å². The Bertz CT molecular complexity index is 521. The summed E-state index contributed by atoms with van der Waals surface area (Å²) < 4.78 is 31.5. The third-order valence-corrected chi connectivity index (χ3v) is 5.01. The number of benzene rings is 1. The highest BCUT2D eigenvalue weighted by molar-refractivity contribution is 7.89. The van der Waals surface area contributed by atoms with E-state index in [-0.39, 0.29) is 11.5 Å². The van der Waals surface area contributed by atoms with Crippen molar-refractivity contribution in [2.45, 2.75) is 24.3 Å². The van der Waals surface area contributed by atoms with Crippen molar-refractivity contribution in [2.24, 2.45) is 0 Å². The molecule has 0 atom stereocenters. The minimum absolute atomic E-state index is 0.137. The first-order chi connectivity index (χ1) is 8.59. The third-order valence-electron chi connectivity index (χ3n) is 3.09. The molecule has 0 spiro atoms. The molecule has 100 valence electrons. The lowest BCUT2D eigenvalue weighted by Gasteiger charge is -2.18. The van der Waals surface area contributed by atoms with Gasteiger partial charge in [-0.2, -0.15) is 4.31 Å². The van der Waals surface area contributed by atoms with Crippen LogP contribution in [0.3, 0.4) is 0 Å². The molecular weight excluding hydrogens is 254 g/mol. The van der Waals surface area contributed by atoms with Gasteiger partial charge in [-0.15, -0.1) is 0 Å². The molecule has 18 heavy (non-hydrogen) atoms. The first kappa shape index (κ1) is 13.3. The molecule has 0 aromatic heterocycles. The summed E-state index contributed by atoms with van der Waals surface area (Å²) in [4.78, 5) is 0.137. The standard InChI is InChI=1S/C12H17NO4S/c1-17-11-5-4-10(9-14)8-12(11)18(15,16)13-6-2-3-7-13/h4-5,8,14H,2-3,6-7,9H2,1H3. The third kappa shape index (κ3) is 2.36. The van der Waals surface area contributed by atoms with Gasteiger partial charge in [0.2, 0.25) is 10.0 Å². The molecule has 6 heteroatoms. The van der Waals surface area contributed by atoms with Gasteiger partial charge in [-0.05, 0) is 30.5 Å². The van der Waals surface area contributed by atoms with Crippen LogP contribution in [0.1, 0.15) is 18.4 Å². The van der Waals surface area contributed by atoms with E-state index in [2.05, 4.69) is 0 Å². The van der Waals surface area contributed by atoms with E-state index in [9.17, 15) is 8.42 Å². The van der Waals surface area contributed by atoms with Gasteiger partial charge < -0.3 is 9.84 Å². The van der Waals surface area contributed by atoms with Gasteiger partial charge in [0.15, 0.2) is 0 Å². The molecule has 0 bridgehead atoms. The van der Waals surface area contributed by atoms with Gasteiger partial charge in [0, 0.05) is 13.1 Å². The number of sulfonamides is 1. The average molecular weight is 271 g/mol. The van der Waals surface area contributed by atoms with Crippen LogP contribution in [-0.2, 0) is 16.6 Å². The maximum absolute atomic E-state index is 12.4. The second-order valence-corrected chi connectivity index (χ2v) is 6.16. The SMILES string of the molecule is COc1ccc(CO)cc1S(=O)(=O)N1CCCC1. The van der Waals surface area contributed by atoms with Crippen molar-refractivity contribution in [3.63, 3.8) is 0 Å². The number of hydrogen-bond acceptors (Lipinski definition) is 4. The monoisotopic (exact) mass is 271 g/mol. The number of hydrogen-bond donors (Lipinski definition) is 1. The summed E-state index contributed by atoms with van der Waals surface area (Å²) in [6.07, 6.45) is 1.78. The average Bonchev–Trinajstić information content (AvgIpc) is 2.92. The van der Waals surface area contributed by atoms with E-state index in [0.29, 0.717) is 24.4 Å². The molecule has 1 aliphatic heterocycles. The lowest BCUT2D eigenvalue weighted by Crippen LogP contribution is -2.28. The largest absolute Gasteiger partial charge is 0.495 e. The predicted molar refractivity (Wildman–Crippen MR) is 66.9 cm³/mol. The molecule has 0 saturated carbocycles. The van der Waals surface area contributed by atoms with Gasteiger partial charge in [0.25, 0.3) is 0 Å². The van der Waals surface area contributed by atoms with Gasteiger partial charge in [0.1, 0.15) is 10.6 Å². The number of rotatable bonds is 4. The topological polar surface area (TPSA) is 66.8 Å². The summed E-state index contributed by atoms with van der Waals surface area (Å²) in [7, 11) is -2.08. The van der Waals surface area contributed by atoms with Crippen LogP contribution >= 0.6 is 0 Å². The molecule has 1 heterocycles. The highest BCUT2D eigenvalue weighted by Crippen LogP contribution is 2.29. The van der Waals surface area contributed by atoms with Gasteiger partial charge >= 0.3 is 0 Å². The van der Waals surface area contributed by atoms with Crippen LogP contribution in [0.25, 0.3) is 0 Å². The van der Waals surface area contributed by atoms with Crippen LogP contribution in [0.15, 0.2) is 23.1 Å². The van der Waals surface area contributed by atoms with E-state index in [1.165, 1.54) is 17.5 Å². The van der Waals surface area contributed by atoms with Crippen molar-refractivity contribution in [2.75, 3.05) is 20.2 Å². The normalized spacial score (nSPS) is 17.0. The van der Waals surface area contributed by atoms with E-state index in [0.717, 1.165) is 12.8 Å². The Balaban J connectivity index is 2.47. The van der Waals surface area contributed by atoms with E-state index in [1.54, 1.807) is 12.1 Å². The number of aliphatic hydroxyl groups is 1. The van der Waals surface area contributed by atoms with Crippen LogP contribution in [-0.4, -0.2) is 38.0 Å². The summed E-state index contributed by atoms with van der Waals surface area (Å²) in [5.74, 6) is 0.319. The maximum atomic E-state index is 12.4. The molecule has 0 amide bonds. The zero-order chi connectivity index (χ0) is 13.2. The highest BCUT2D eigenvalue weighted by atomic mass is 32.2. The Morgan fingerprint density at radius 1 is 1.33 bits per heavy atom. The Morgan fingerprint density at radius 3 is 2.56 bits per heavy atom. The van der Waals surface area contributed by atoms with E-state index < -0.39 is 10.0 Å². The quantitative estimate of drug-likeness (QED) is 0.886. The number of nitrogens with zero attached hydrogens (tertiary/aromatic N) is 1. The van der Waals surface area contributed by atoms with Gasteiger partial charge in [-0.25, -0.2) is 8.42 Å². The molecule has 0 unspecified atom stereocenters. The molecule has 1 fully saturated rings. The molecule has 2 rings (SSSR count). The number of aliphatic hydroxyl groups excluding tert-OH is 1. The molecule has 5 nitrogen and oxygen atoms in total. The smallest absolute Gasteiger partial charge is 0.246 e. The summed E-state index contributed by atoms with van der Waals surface area (Å²) in [5, 5.41) is 9.11. The van der Waals surface area contributed by atoms with Crippen molar-refractivity contribution in [3.05, 3.63) is 23.8 Å². The van der Waals surface area contributed by atoms with Gasteiger partial charge in [0.05, 0.1) is 13.7 Å². The number of methoxy groups -OCH3 is 1. The van der Waals surface area contributed by atoms with Crippen LogP contribution in [0.2, 0.25) is 0 Å². The van der Waals surface area contributed by atoms with Crippen molar-refractivity contribution in [1.29, 1.82) is 0 Å². The fourth-order valence-electron chi connectivity index (χ4n) is 2.09. The molecule has 1 aromatic rings. The van der Waals surface area contributed by atoms with Crippen molar-refractivity contribution >= 4 is 10.0 Å². The lowest BCUT2D eigenvalue weighted by atomic mass is 10.2. The zero-order valence-corrected chi connectivity index (χ0v) is 11.1. The highest BCUT2D eigenvalue weighted by Gasteiger charge is 2.29. The lowest BCUT2D eigenvalue weighted by molar-refractivity contribution is 0.281. The fraction of sp³-hybridized carbons (Fsp3) is 0.500. The molecule has 1 aromatic carbocycles. The van der Waals surface area contributed by atoms with E-state index in [4.69, 9.17) is 9.84 Å². The van der Waals surface area contributed by atoms with E-state index in [1.807, 2.05) is 0 Å². The Kier molecular flexibility index (Phi) is 3.89. The Labute approximate surface area is 107 Å². The Hall–Kier alpha value is -1.11. The maximum Gasteiger partial charge on any atom is 0.246 e. The predicted octanol–water partition coefficient (Wildman–Crippen LogP) is 0.972. The van der Waals surface area contributed by atoms with Crippen molar-refractivity contribution in [3.8, 4) is 5.75 Å². The number of ether oxygens (including phenoxy) is 1. The van der Waals surface area contributed by atoms with Crippen molar-refractivity contribution < 1.29 is 18.3 Å². The van der Waals surface area contributed by atoms with Crippen LogP contribution in [0.4, 0.5) is 0 Å². The summed E-state index contributed by atoms with van der Waals surface area (Å²) in [6.45, 7) is 0.913. The minimum atomic E-state index is -3.52. The summed E-state index contributed by atoms with van der Waals surface area (Å²) in [6, 6.07) is 4.71. The Morgan fingerprint density at radius 2 is 2.00 bits per heavy atom. The fourth-order valence-corrected chi connectivity index (χ4v) is 3.81. The first-order valence-electron chi connectivity index (χ1n) is 5.87. The summed E-state index contributed by atoms with van der Waals surface area (Å²) in [5.41, 5.74) is 0.563. The van der Waals surface area contributed by atoms with Crippen molar-refractivity contribution in [1.82, 2.24) is 4.31 Å². The second kappa shape index (κ2) is 5.26. The molecule has 0 radical (unpaired) electrons. The second-order valence-electron chi connectivity index (χ2n) is 4.25. The molecule has 1 aliphatic rings. The zero-order valence-electron chi connectivity index (χ0n) is 10.3. The minimum Gasteiger partial charge on any atom is -0.495 e. The first-order valence-corrected chi connectivity index (χ1v) is 7.31. The van der Waals surface area contributed by atoms with Gasteiger partial charge in [-0.1, -0.05) is 6.07 Å². The summed E-state index contributed by atoms with van der Waals surface area (Å²) >= 11 is 0. The molecule has 1 N–H and O–H groups in total. The van der Waals surface area contributed by atoms with Crippen LogP contribution in [0, 0.1) is 0 Å². The van der Waals surface area contributed by atoms with Crippen LogP contribution < -0.4 is 4.74 Å². The molecule has 1 saturated heterocycles. The molecular formula is C12H17NO4S.